The van der Waals surface area contributed by atoms with Gasteiger partial charge in [0, 0.05) is 19.2 Å². The second kappa shape index (κ2) is 6.81. The van der Waals surface area contributed by atoms with Gasteiger partial charge in [0.2, 0.25) is 5.91 Å². The fourth-order valence-corrected chi connectivity index (χ4v) is 2.45. The Morgan fingerprint density at radius 2 is 2.05 bits per heavy atom. The van der Waals surface area contributed by atoms with Gasteiger partial charge in [-0.1, -0.05) is 6.07 Å². The van der Waals surface area contributed by atoms with Crippen LogP contribution in [-0.2, 0) is 14.6 Å². The average molecular weight is 302 g/mol. The maximum Gasteiger partial charge on any atom is 0.221 e. The van der Waals surface area contributed by atoms with Crippen molar-refractivity contribution in [3.63, 3.8) is 0 Å². The lowest BCUT2D eigenvalue weighted by Crippen LogP contribution is -2.29. The van der Waals surface area contributed by atoms with E-state index in [1.165, 1.54) is 12.1 Å². The molecule has 1 aromatic rings. The standard InChI is InChI=1S/C13H19FN2O3S/c1-9(16-13(17)6-7-15-2)10-4-5-12(11(14)8-10)20(3,18)19/h4-5,8-9,15H,6-7H2,1-3H3,(H,16,17). The molecule has 0 aliphatic carbocycles. The Hall–Kier alpha value is -1.47. The van der Waals surface area contributed by atoms with E-state index in [9.17, 15) is 17.6 Å². The number of amides is 1. The molecule has 2 N–H and O–H groups in total. The molecule has 0 saturated carbocycles. The molecular weight excluding hydrogens is 283 g/mol. The van der Waals surface area contributed by atoms with E-state index < -0.39 is 15.7 Å². The van der Waals surface area contributed by atoms with Crippen LogP contribution in [0.3, 0.4) is 0 Å². The number of benzene rings is 1. The Kier molecular flexibility index (Phi) is 5.64. The highest BCUT2D eigenvalue weighted by Gasteiger charge is 2.16. The van der Waals surface area contributed by atoms with Crippen molar-refractivity contribution in [2.24, 2.45) is 0 Å². The van der Waals surface area contributed by atoms with Gasteiger partial charge < -0.3 is 10.6 Å². The van der Waals surface area contributed by atoms with Crippen LogP contribution in [0.4, 0.5) is 4.39 Å². The second-order valence-corrected chi connectivity index (χ2v) is 6.59. The number of carbonyl (C=O) groups is 1. The Bertz CT molecular complexity index is 587. The van der Waals surface area contributed by atoms with E-state index in [4.69, 9.17) is 0 Å². The molecule has 0 aliphatic rings. The molecule has 0 aromatic heterocycles. The minimum Gasteiger partial charge on any atom is -0.350 e. The zero-order valence-electron chi connectivity index (χ0n) is 11.7. The lowest BCUT2D eigenvalue weighted by atomic mass is 10.1. The van der Waals surface area contributed by atoms with Crippen LogP contribution >= 0.6 is 0 Å². The summed E-state index contributed by atoms with van der Waals surface area (Å²) in [6, 6.07) is 3.47. The van der Waals surface area contributed by atoms with Crippen molar-refractivity contribution in [2.45, 2.75) is 24.3 Å². The summed E-state index contributed by atoms with van der Waals surface area (Å²) >= 11 is 0. The normalized spacial score (nSPS) is 13.0. The smallest absolute Gasteiger partial charge is 0.221 e. The first-order valence-electron chi connectivity index (χ1n) is 6.19. The fraction of sp³-hybridized carbons (Fsp3) is 0.462. The number of rotatable bonds is 6. The van der Waals surface area contributed by atoms with Crippen molar-refractivity contribution in [1.29, 1.82) is 0 Å². The second-order valence-electron chi connectivity index (χ2n) is 4.60. The van der Waals surface area contributed by atoms with Crippen molar-refractivity contribution < 1.29 is 17.6 Å². The molecule has 1 amide bonds. The van der Waals surface area contributed by atoms with Crippen molar-refractivity contribution >= 4 is 15.7 Å². The summed E-state index contributed by atoms with van der Waals surface area (Å²) in [7, 11) is -1.84. The maximum absolute atomic E-state index is 13.7. The van der Waals surface area contributed by atoms with Crippen LogP contribution in [0.25, 0.3) is 0 Å². The van der Waals surface area contributed by atoms with E-state index in [1.807, 2.05) is 0 Å². The van der Waals surface area contributed by atoms with Gasteiger partial charge in [-0.25, -0.2) is 12.8 Å². The van der Waals surface area contributed by atoms with Crippen LogP contribution in [0.15, 0.2) is 23.1 Å². The molecule has 0 aliphatic heterocycles. The third-order valence-corrected chi connectivity index (χ3v) is 3.96. The zero-order chi connectivity index (χ0) is 15.3. The van der Waals surface area contributed by atoms with Gasteiger partial charge in [-0.05, 0) is 31.7 Å². The Labute approximate surface area is 118 Å². The van der Waals surface area contributed by atoms with Crippen LogP contribution < -0.4 is 10.6 Å². The topological polar surface area (TPSA) is 75.3 Å². The van der Waals surface area contributed by atoms with Crippen LogP contribution in [0.5, 0.6) is 0 Å². The number of sulfone groups is 1. The molecular formula is C13H19FN2O3S. The van der Waals surface area contributed by atoms with E-state index in [-0.39, 0.29) is 16.8 Å². The van der Waals surface area contributed by atoms with E-state index in [0.717, 1.165) is 12.3 Å². The molecule has 1 aromatic carbocycles. The molecule has 5 nitrogen and oxygen atoms in total. The third kappa shape index (κ3) is 4.57. The summed E-state index contributed by atoms with van der Waals surface area (Å²) < 4.78 is 36.4. The number of halogens is 1. The van der Waals surface area contributed by atoms with Crippen molar-refractivity contribution in [3.8, 4) is 0 Å². The van der Waals surface area contributed by atoms with Crippen LogP contribution in [-0.4, -0.2) is 34.2 Å². The average Bonchev–Trinajstić information content (AvgIpc) is 2.34. The predicted octanol–water partition coefficient (Wildman–Crippen LogP) is 1.02. The van der Waals surface area contributed by atoms with Gasteiger partial charge in [0.1, 0.15) is 10.7 Å². The molecule has 0 fully saturated rings. The lowest BCUT2D eigenvalue weighted by molar-refractivity contribution is -0.121. The van der Waals surface area contributed by atoms with E-state index >= 15 is 0 Å². The minimum atomic E-state index is -3.58. The minimum absolute atomic E-state index is 0.153. The molecule has 20 heavy (non-hydrogen) atoms. The van der Waals surface area contributed by atoms with Gasteiger partial charge in [0.25, 0.3) is 0 Å². The third-order valence-electron chi connectivity index (χ3n) is 2.83. The highest BCUT2D eigenvalue weighted by Crippen LogP contribution is 2.20. The Morgan fingerprint density at radius 3 is 2.55 bits per heavy atom. The SMILES string of the molecule is CNCCC(=O)NC(C)c1ccc(S(C)(=O)=O)c(F)c1. The summed E-state index contributed by atoms with van der Waals surface area (Å²) in [4.78, 5) is 11.2. The molecule has 7 heteroatoms. The largest absolute Gasteiger partial charge is 0.350 e. The highest BCUT2D eigenvalue weighted by atomic mass is 32.2. The first kappa shape index (κ1) is 16.6. The molecule has 0 heterocycles. The first-order valence-corrected chi connectivity index (χ1v) is 8.08. The predicted molar refractivity (Wildman–Crippen MR) is 74.6 cm³/mol. The maximum atomic E-state index is 13.7. The van der Waals surface area contributed by atoms with Gasteiger partial charge in [-0.2, -0.15) is 0 Å². The van der Waals surface area contributed by atoms with Crippen LogP contribution in [0.2, 0.25) is 0 Å². The highest BCUT2D eigenvalue weighted by molar-refractivity contribution is 7.90. The molecule has 0 saturated heterocycles. The molecule has 1 unspecified atom stereocenters. The fourth-order valence-electron chi connectivity index (χ4n) is 1.72. The number of hydrogen-bond acceptors (Lipinski definition) is 4. The molecule has 1 atom stereocenters. The van der Waals surface area contributed by atoms with E-state index in [1.54, 1.807) is 14.0 Å². The molecule has 112 valence electrons. The van der Waals surface area contributed by atoms with Crippen molar-refractivity contribution in [2.75, 3.05) is 19.8 Å². The molecule has 1 rings (SSSR count). The van der Waals surface area contributed by atoms with Gasteiger partial charge in [0.05, 0.1) is 6.04 Å². The number of carbonyl (C=O) groups excluding carboxylic acids is 1. The van der Waals surface area contributed by atoms with Gasteiger partial charge in [0.15, 0.2) is 9.84 Å². The van der Waals surface area contributed by atoms with Crippen molar-refractivity contribution in [1.82, 2.24) is 10.6 Å². The van der Waals surface area contributed by atoms with E-state index in [0.29, 0.717) is 18.5 Å². The number of hydrogen-bond donors (Lipinski definition) is 2. The van der Waals surface area contributed by atoms with Gasteiger partial charge in [-0.15, -0.1) is 0 Å². The quantitative estimate of drug-likeness (QED) is 0.822. The summed E-state index contributed by atoms with van der Waals surface area (Å²) in [6.45, 7) is 2.27. The number of nitrogens with one attached hydrogen (secondary N) is 2. The first-order chi connectivity index (χ1) is 9.25. The summed E-state index contributed by atoms with van der Waals surface area (Å²) in [5.74, 6) is -0.958. The summed E-state index contributed by atoms with van der Waals surface area (Å²) in [5, 5.41) is 5.58. The molecule has 0 radical (unpaired) electrons. The van der Waals surface area contributed by atoms with Gasteiger partial charge in [-0.3, -0.25) is 4.79 Å². The zero-order valence-corrected chi connectivity index (χ0v) is 12.6. The summed E-state index contributed by atoms with van der Waals surface area (Å²) in [6.07, 6.45) is 1.28. The lowest BCUT2D eigenvalue weighted by Gasteiger charge is -2.15. The molecule has 0 spiro atoms. The summed E-state index contributed by atoms with van der Waals surface area (Å²) in [5.41, 5.74) is 0.521. The van der Waals surface area contributed by atoms with Gasteiger partial charge >= 0.3 is 0 Å². The van der Waals surface area contributed by atoms with Crippen LogP contribution in [0.1, 0.15) is 24.9 Å². The van der Waals surface area contributed by atoms with Crippen molar-refractivity contribution in [3.05, 3.63) is 29.6 Å². The Morgan fingerprint density at radius 1 is 1.40 bits per heavy atom. The monoisotopic (exact) mass is 302 g/mol. The van der Waals surface area contributed by atoms with E-state index in [2.05, 4.69) is 10.6 Å². The molecule has 0 bridgehead atoms. The van der Waals surface area contributed by atoms with Crippen LogP contribution in [0, 0.1) is 5.82 Å². The Balaban J connectivity index is 2.83.